The van der Waals surface area contributed by atoms with Crippen LogP contribution in [0.1, 0.15) is 23.3 Å². The molecule has 2 amide bonds. The largest absolute Gasteiger partial charge is 0.380 e. The number of hydrogen-bond acceptors (Lipinski definition) is 4. The summed E-state index contributed by atoms with van der Waals surface area (Å²) in [7, 11) is 1.48. The summed E-state index contributed by atoms with van der Waals surface area (Å²) in [5, 5.41) is 20.6. The molecule has 7 heteroatoms. The minimum atomic E-state index is -1.27. The number of carbonyl (C=O) groups excluding carboxylic acids is 2. The number of H-pyrrole nitrogens is 1. The van der Waals surface area contributed by atoms with Crippen LogP contribution in [0.4, 0.5) is 5.69 Å². The summed E-state index contributed by atoms with van der Waals surface area (Å²) < 4.78 is 0. The van der Waals surface area contributed by atoms with Crippen LogP contribution in [0.25, 0.3) is 0 Å². The van der Waals surface area contributed by atoms with Crippen molar-refractivity contribution in [3.8, 4) is 0 Å². The molecule has 0 saturated heterocycles. The summed E-state index contributed by atoms with van der Waals surface area (Å²) in [4.78, 5) is 22.9. The van der Waals surface area contributed by atoms with Crippen molar-refractivity contribution in [2.75, 3.05) is 12.4 Å². The van der Waals surface area contributed by atoms with E-state index in [9.17, 15) is 14.7 Å². The Labute approximate surface area is 91.2 Å². The SMILES string of the molecule is CNC(=O)c1[nH]ncc1NC(=O)C1(O)CC1. The molecule has 0 aromatic carbocycles. The molecule has 0 atom stereocenters. The highest BCUT2D eigenvalue weighted by atomic mass is 16.3. The number of aromatic amines is 1. The molecule has 16 heavy (non-hydrogen) atoms. The van der Waals surface area contributed by atoms with Gasteiger partial charge in [-0.2, -0.15) is 5.10 Å². The predicted octanol–water partition coefficient (Wildman–Crippen LogP) is -0.767. The smallest absolute Gasteiger partial charge is 0.271 e. The van der Waals surface area contributed by atoms with E-state index in [1.807, 2.05) is 0 Å². The first-order chi connectivity index (χ1) is 7.57. The second-order valence-corrected chi connectivity index (χ2v) is 3.72. The normalized spacial score (nSPS) is 16.6. The lowest BCUT2D eigenvalue weighted by molar-refractivity contribution is -0.125. The van der Waals surface area contributed by atoms with Gasteiger partial charge in [0.05, 0.1) is 11.9 Å². The average molecular weight is 224 g/mol. The van der Waals surface area contributed by atoms with Gasteiger partial charge in [-0.05, 0) is 12.8 Å². The maximum atomic E-state index is 11.5. The van der Waals surface area contributed by atoms with E-state index in [0.29, 0.717) is 12.8 Å². The van der Waals surface area contributed by atoms with Crippen molar-refractivity contribution in [1.82, 2.24) is 15.5 Å². The highest BCUT2D eigenvalue weighted by Gasteiger charge is 2.48. The Morgan fingerprint density at radius 1 is 1.56 bits per heavy atom. The molecule has 4 N–H and O–H groups in total. The Kier molecular flexibility index (Phi) is 2.39. The molecular formula is C9H12N4O3. The number of hydrogen-bond donors (Lipinski definition) is 4. The van der Waals surface area contributed by atoms with Gasteiger partial charge < -0.3 is 15.7 Å². The molecule has 2 rings (SSSR count). The zero-order valence-electron chi connectivity index (χ0n) is 8.70. The fourth-order valence-corrected chi connectivity index (χ4v) is 1.26. The number of aliphatic hydroxyl groups is 1. The van der Waals surface area contributed by atoms with Gasteiger partial charge in [-0.3, -0.25) is 14.7 Å². The van der Waals surface area contributed by atoms with Gasteiger partial charge in [0.25, 0.3) is 11.8 Å². The Bertz CT molecular complexity index is 436. The number of amides is 2. The number of rotatable bonds is 3. The fraction of sp³-hybridized carbons (Fsp3) is 0.444. The topological polar surface area (TPSA) is 107 Å². The minimum absolute atomic E-state index is 0.167. The van der Waals surface area contributed by atoms with Crippen LogP contribution in [0.2, 0.25) is 0 Å². The van der Waals surface area contributed by atoms with Gasteiger partial charge in [0, 0.05) is 7.05 Å². The molecule has 1 aromatic heterocycles. The van der Waals surface area contributed by atoms with E-state index >= 15 is 0 Å². The van der Waals surface area contributed by atoms with E-state index in [4.69, 9.17) is 0 Å². The fourth-order valence-electron chi connectivity index (χ4n) is 1.26. The van der Waals surface area contributed by atoms with Crippen LogP contribution in [0, 0.1) is 0 Å². The molecular weight excluding hydrogens is 212 g/mol. The lowest BCUT2D eigenvalue weighted by atomic mass is 10.3. The molecule has 0 radical (unpaired) electrons. The number of nitrogens with one attached hydrogen (secondary N) is 3. The van der Waals surface area contributed by atoms with Crippen molar-refractivity contribution in [1.29, 1.82) is 0 Å². The molecule has 0 aliphatic heterocycles. The van der Waals surface area contributed by atoms with Crippen molar-refractivity contribution < 1.29 is 14.7 Å². The molecule has 0 unspecified atom stereocenters. The molecule has 1 saturated carbocycles. The van der Waals surface area contributed by atoms with E-state index in [-0.39, 0.29) is 17.3 Å². The van der Waals surface area contributed by atoms with Crippen molar-refractivity contribution in [3.05, 3.63) is 11.9 Å². The molecule has 1 heterocycles. The summed E-state index contributed by atoms with van der Waals surface area (Å²) in [6.07, 6.45) is 2.23. The van der Waals surface area contributed by atoms with Crippen LogP contribution < -0.4 is 10.6 Å². The maximum absolute atomic E-state index is 11.5. The van der Waals surface area contributed by atoms with Gasteiger partial charge >= 0.3 is 0 Å². The van der Waals surface area contributed by atoms with E-state index in [2.05, 4.69) is 20.8 Å². The highest BCUT2D eigenvalue weighted by Crippen LogP contribution is 2.36. The van der Waals surface area contributed by atoms with Crippen LogP contribution in [-0.4, -0.2) is 39.8 Å². The third-order valence-electron chi connectivity index (χ3n) is 2.49. The first-order valence-electron chi connectivity index (χ1n) is 4.86. The molecule has 1 fully saturated rings. The Hall–Kier alpha value is -1.89. The van der Waals surface area contributed by atoms with Crippen molar-refractivity contribution >= 4 is 17.5 Å². The molecule has 7 nitrogen and oxygen atoms in total. The highest BCUT2D eigenvalue weighted by molar-refractivity contribution is 6.05. The van der Waals surface area contributed by atoms with E-state index in [1.54, 1.807) is 0 Å². The molecule has 1 aromatic rings. The second kappa shape index (κ2) is 3.60. The van der Waals surface area contributed by atoms with Crippen LogP contribution in [0.5, 0.6) is 0 Å². The van der Waals surface area contributed by atoms with Crippen molar-refractivity contribution in [3.63, 3.8) is 0 Å². The number of carbonyl (C=O) groups is 2. The Morgan fingerprint density at radius 3 is 2.81 bits per heavy atom. The Morgan fingerprint density at radius 2 is 2.25 bits per heavy atom. The first-order valence-corrected chi connectivity index (χ1v) is 4.86. The summed E-state index contributed by atoms with van der Waals surface area (Å²) in [5.74, 6) is -0.880. The molecule has 1 aliphatic carbocycles. The minimum Gasteiger partial charge on any atom is -0.380 e. The van der Waals surface area contributed by atoms with Crippen LogP contribution in [0.3, 0.4) is 0 Å². The lowest BCUT2D eigenvalue weighted by Gasteiger charge is -2.08. The maximum Gasteiger partial charge on any atom is 0.271 e. The second-order valence-electron chi connectivity index (χ2n) is 3.72. The monoisotopic (exact) mass is 224 g/mol. The molecule has 0 spiro atoms. The molecule has 0 bridgehead atoms. The van der Waals surface area contributed by atoms with Gasteiger partial charge in [0.15, 0.2) is 0 Å². The van der Waals surface area contributed by atoms with E-state index < -0.39 is 11.5 Å². The lowest BCUT2D eigenvalue weighted by Crippen LogP contribution is -2.30. The number of anilines is 1. The van der Waals surface area contributed by atoms with Crippen LogP contribution in [0.15, 0.2) is 6.20 Å². The van der Waals surface area contributed by atoms with E-state index in [0.717, 1.165) is 0 Å². The molecule has 86 valence electrons. The van der Waals surface area contributed by atoms with Crippen molar-refractivity contribution in [2.24, 2.45) is 0 Å². The van der Waals surface area contributed by atoms with Crippen LogP contribution >= 0.6 is 0 Å². The summed E-state index contributed by atoms with van der Waals surface area (Å²) in [6, 6.07) is 0. The van der Waals surface area contributed by atoms with Gasteiger partial charge in [-0.25, -0.2) is 0 Å². The first kappa shape index (κ1) is 10.6. The Balaban J connectivity index is 2.12. The van der Waals surface area contributed by atoms with E-state index in [1.165, 1.54) is 13.2 Å². The zero-order chi connectivity index (χ0) is 11.8. The standard InChI is InChI=1S/C9H12N4O3/c1-10-7(14)6-5(4-11-13-6)12-8(15)9(16)2-3-9/h4,16H,2-3H2,1H3,(H,10,14)(H,11,13)(H,12,15). The summed E-state index contributed by atoms with van der Waals surface area (Å²) >= 11 is 0. The average Bonchev–Trinajstić information content (AvgIpc) is 2.86. The quantitative estimate of drug-likeness (QED) is 0.541. The van der Waals surface area contributed by atoms with Gasteiger partial charge in [-0.1, -0.05) is 0 Å². The van der Waals surface area contributed by atoms with Crippen LogP contribution in [-0.2, 0) is 4.79 Å². The third kappa shape index (κ3) is 1.76. The predicted molar refractivity (Wildman–Crippen MR) is 54.8 cm³/mol. The van der Waals surface area contributed by atoms with Gasteiger partial charge in [-0.15, -0.1) is 0 Å². The number of aromatic nitrogens is 2. The van der Waals surface area contributed by atoms with Gasteiger partial charge in [0.1, 0.15) is 11.3 Å². The summed E-state index contributed by atoms with van der Waals surface area (Å²) in [5.41, 5.74) is -0.832. The number of nitrogens with zero attached hydrogens (tertiary/aromatic N) is 1. The molecule has 1 aliphatic rings. The summed E-state index contributed by atoms with van der Waals surface area (Å²) in [6.45, 7) is 0. The van der Waals surface area contributed by atoms with Gasteiger partial charge in [0.2, 0.25) is 0 Å². The zero-order valence-corrected chi connectivity index (χ0v) is 8.70. The van der Waals surface area contributed by atoms with Crippen molar-refractivity contribution in [2.45, 2.75) is 18.4 Å². The third-order valence-corrected chi connectivity index (χ3v) is 2.49.